The van der Waals surface area contributed by atoms with Gasteiger partial charge in [-0.15, -0.1) is 0 Å². The van der Waals surface area contributed by atoms with Crippen LogP contribution in [0.1, 0.15) is 33.2 Å². The van der Waals surface area contributed by atoms with Crippen molar-refractivity contribution < 1.29 is 4.79 Å². The van der Waals surface area contributed by atoms with Crippen molar-refractivity contribution in [1.29, 1.82) is 0 Å². The first-order valence-corrected chi connectivity index (χ1v) is 11.3. The number of nitrogens with zero attached hydrogens (tertiary/aromatic N) is 2. The lowest BCUT2D eigenvalue weighted by atomic mass is 9.96. The van der Waals surface area contributed by atoms with Crippen LogP contribution in [0.5, 0.6) is 0 Å². The minimum absolute atomic E-state index is 0.177. The SMILES string of the molecule is O=C1c2[nH]nc(-c3ccc(Cl)cc3)c2C(c2ccc(Cl)cc2Cl)N1Cc1ccccc1Cl. The molecule has 1 aliphatic heterocycles. The minimum atomic E-state index is -0.469. The number of aromatic amines is 1. The summed E-state index contributed by atoms with van der Waals surface area (Å²) in [5.41, 5.74) is 4.29. The Morgan fingerprint density at radius 3 is 2.31 bits per heavy atom. The fourth-order valence-electron chi connectivity index (χ4n) is 4.04. The highest BCUT2D eigenvalue weighted by Gasteiger charge is 2.43. The van der Waals surface area contributed by atoms with Gasteiger partial charge in [0, 0.05) is 37.8 Å². The van der Waals surface area contributed by atoms with E-state index in [9.17, 15) is 4.79 Å². The summed E-state index contributed by atoms with van der Waals surface area (Å²) >= 11 is 25.2. The Bertz CT molecular complexity index is 1330. The summed E-state index contributed by atoms with van der Waals surface area (Å²) in [6.07, 6.45) is 0. The topological polar surface area (TPSA) is 49.0 Å². The molecule has 0 aliphatic carbocycles. The molecule has 0 spiro atoms. The quantitative estimate of drug-likeness (QED) is 0.315. The number of fused-ring (bicyclic) bond motifs is 1. The van der Waals surface area contributed by atoms with E-state index in [1.54, 1.807) is 29.2 Å². The second-order valence-electron chi connectivity index (χ2n) is 7.46. The molecule has 1 aliphatic rings. The van der Waals surface area contributed by atoms with Gasteiger partial charge in [-0.1, -0.05) is 82.8 Å². The molecule has 3 aromatic carbocycles. The third kappa shape index (κ3) is 3.67. The maximum atomic E-state index is 13.5. The van der Waals surface area contributed by atoms with Crippen molar-refractivity contribution in [2.75, 3.05) is 0 Å². The van der Waals surface area contributed by atoms with Gasteiger partial charge >= 0.3 is 0 Å². The summed E-state index contributed by atoms with van der Waals surface area (Å²) < 4.78 is 0. The Kier molecular flexibility index (Phi) is 5.64. The molecule has 0 fully saturated rings. The van der Waals surface area contributed by atoms with Crippen molar-refractivity contribution in [2.45, 2.75) is 12.6 Å². The molecule has 4 nitrogen and oxygen atoms in total. The van der Waals surface area contributed by atoms with E-state index in [-0.39, 0.29) is 5.91 Å². The zero-order valence-electron chi connectivity index (χ0n) is 16.4. The minimum Gasteiger partial charge on any atom is -0.322 e. The van der Waals surface area contributed by atoms with Crippen molar-refractivity contribution in [3.05, 3.63) is 109 Å². The van der Waals surface area contributed by atoms with Gasteiger partial charge in [-0.2, -0.15) is 5.10 Å². The van der Waals surface area contributed by atoms with Crippen LogP contribution in [-0.4, -0.2) is 21.0 Å². The van der Waals surface area contributed by atoms with E-state index in [0.29, 0.717) is 38.0 Å². The highest BCUT2D eigenvalue weighted by molar-refractivity contribution is 6.35. The molecule has 0 saturated heterocycles. The van der Waals surface area contributed by atoms with Gasteiger partial charge in [-0.05, 0) is 41.5 Å². The van der Waals surface area contributed by atoms with Crippen LogP contribution >= 0.6 is 46.4 Å². The maximum Gasteiger partial charge on any atom is 0.273 e. The Hall–Kier alpha value is -2.50. The Morgan fingerprint density at radius 2 is 1.59 bits per heavy atom. The van der Waals surface area contributed by atoms with Crippen molar-refractivity contribution in [3.63, 3.8) is 0 Å². The van der Waals surface area contributed by atoms with Gasteiger partial charge in [-0.25, -0.2) is 0 Å². The lowest BCUT2D eigenvalue weighted by molar-refractivity contribution is 0.0730. The molecule has 0 saturated carbocycles. The smallest absolute Gasteiger partial charge is 0.273 e. The summed E-state index contributed by atoms with van der Waals surface area (Å²) in [5.74, 6) is -0.177. The first-order valence-electron chi connectivity index (χ1n) is 9.77. The number of nitrogens with one attached hydrogen (secondary N) is 1. The Morgan fingerprint density at radius 1 is 0.875 bits per heavy atom. The van der Waals surface area contributed by atoms with Crippen molar-refractivity contribution in [1.82, 2.24) is 15.1 Å². The number of hydrogen-bond donors (Lipinski definition) is 1. The fourth-order valence-corrected chi connectivity index (χ4v) is 4.88. The van der Waals surface area contributed by atoms with E-state index in [4.69, 9.17) is 46.4 Å². The van der Waals surface area contributed by atoms with Crippen molar-refractivity contribution in [2.24, 2.45) is 0 Å². The molecule has 32 heavy (non-hydrogen) atoms. The van der Waals surface area contributed by atoms with E-state index in [2.05, 4.69) is 10.2 Å². The van der Waals surface area contributed by atoms with Crippen molar-refractivity contribution in [3.8, 4) is 11.3 Å². The summed E-state index contributed by atoms with van der Waals surface area (Å²) in [6, 6.07) is 19.6. The largest absolute Gasteiger partial charge is 0.322 e. The fraction of sp³-hybridized carbons (Fsp3) is 0.0833. The predicted octanol–water partition coefficient (Wildman–Crippen LogP) is 7.44. The van der Waals surface area contributed by atoms with Crippen LogP contribution in [0.4, 0.5) is 0 Å². The summed E-state index contributed by atoms with van der Waals surface area (Å²) in [7, 11) is 0. The zero-order chi connectivity index (χ0) is 22.4. The van der Waals surface area contributed by atoms with E-state index in [1.165, 1.54) is 0 Å². The van der Waals surface area contributed by atoms with Crippen LogP contribution in [0.2, 0.25) is 20.1 Å². The van der Waals surface area contributed by atoms with E-state index < -0.39 is 6.04 Å². The third-order valence-corrected chi connectivity index (χ3v) is 6.72. The number of amides is 1. The molecule has 1 unspecified atom stereocenters. The molecule has 0 bridgehead atoms. The van der Waals surface area contributed by atoms with Gasteiger partial charge in [-0.3, -0.25) is 9.89 Å². The van der Waals surface area contributed by atoms with Crippen molar-refractivity contribution >= 4 is 52.3 Å². The lowest BCUT2D eigenvalue weighted by Crippen LogP contribution is -2.29. The molecule has 1 aromatic heterocycles. The summed E-state index contributed by atoms with van der Waals surface area (Å²) in [4.78, 5) is 15.2. The standard InChI is InChI=1S/C24H15Cl4N3O/c25-15-7-5-13(6-8-15)21-20-22(30-29-21)24(32)31(12-14-3-1-2-4-18(14)27)23(20)17-10-9-16(26)11-19(17)28/h1-11,23H,12H2,(H,29,30). The average molecular weight is 503 g/mol. The van der Waals surface area contributed by atoms with Crippen LogP contribution in [0.15, 0.2) is 66.7 Å². The van der Waals surface area contributed by atoms with Gasteiger partial charge in [0.25, 0.3) is 5.91 Å². The third-order valence-electron chi connectivity index (χ3n) is 5.54. The van der Waals surface area contributed by atoms with E-state index in [1.807, 2.05) is 42.5 Å². The van der Waals surface area contributed by atoms with E-state index in [0.717, 1.165) is 22.3 Å². The summed E-state index contributed by atoms with van der Waals surface area (Å²) in [5, 5.41) is 9.59. The number of hydrogen-bond acceptors (Lipinski definition) is 2. The normalized spacial score (nSPS) is 15.3. The average Bonchev–Trinajstić information content (AvgIpc) is 3.30. The van der Waals surface area contributed by atoms with Crippen LogP contribution in [0.3, 0.4) is 0 Å². The molecule has 2 heterocycles. The molecule has 1 amide bonds. The highest BCUT2D eigenvalue weighted by Crippen LogP contribution is 2.46. The second-order valence-corrected chi connectivity index (χ2v) is 9.15. The molecule has 5 rings (SSSR count). The Labute approximate surface area is 204 Å². The second kappa shape index (κ2) is 8.45. The number of carbonyl (C=O) groups is 1. The summed E-state index contributed by atoms with van der Waals surface area (Å²) in [6.45, 7) is 0.310. The number of aromatic nitrogens is 2. The lowest BCUT2D eigenvalue weighted by Gasteiger charge is -2.27. The van der Waals surface area contributed by atoms with Crippen LogP contribution in [0.25, 0.3) is 11.3 Å². The van der Waals surface area contributed by atoms with Gasteiger partial charge < -0.3 is 4.90 Å². The first-order chi connectivity index (χ1) is 15.4. The number of benzene rings is 3. The number of halogens is 4. The number of H-pyrrole nitrogens is 1. The van der Waals surface area contributed by atoms with Gasteiger partial charge in [0.05, 0.1) is 11.7 Å². The molecular weight excluding hydrogens is 488 g/mol. The molecular formula is C24H15Cl4N3O. The molecule has 1 N–H and O–H groups in total. The highest BCUT2D eigenvalue weighted by atomic mass is 35.5. The molecule has 8 heteroatoms. The number of carbonyl (C=O) groups excluding carboxylic acids is 1. The maximum absolute atomic E-state index is 13.5. The molecule has 160 valence electrons. The monoisotopic (exact) mass is 501 g/mol. The van der Waals surface area contributed by atoms with Crippen LogP contribution in [0, 0.1) is 0 Å². The predicted molar refractivity (Wildman–Crippen MR) is 129 cm³/mol. The molecule has 4 aromatic rings. The van der Waals surface area contributed by atoms with Crippen LogP contribution in [-0.2, 0) is 6.54 Å². The zero-order valence-corrected chi connectivity index (χ0v) is 19.5. The first kappa shape index (κ1) is 21.4. The van der Waals surface area contributed by atoms with E-state index >= 15 is 0 Å². The van der Waals surface area contributed by atoms with Gasteiger partial charge in [0.15, 0.2) is 0 Å². The van der Waals surface area contributed by atoms with Gasteiger partial charge in [0.1, 0.15) is 5.69 Å². The van der Waals surface area contributed by atoms with Gasteiger partial charge in [0.2, 0.25) is 0 Å². The van der Waals surface area contributed by atoms with Crippen LogP contribution < -0.4 is 0 Å². The number of rotatable bonds is 4. The Balaban J connectivity index is 1.68. The molecule has 1 atom stereocenters. The molecule has 0 radical (unpaired) electrons.